The van der Waals surface area contributed by atoms with E-state index in [0.717, 1.165) is 31.0 Å². The van der Waals surface area contributed by atoms with Gasteiger partial charge in [-0.25, -0.2) is 4.98 Å². The Morgan fingerprint density at radius 3 is 2.88 bits per heavy atom. The summed E-state index contributed by atoms with van der Waals surface area (Å²) in [6, 6.07) is 0.670. The van der Waals surface area contributed by atoms with Crippen molar-refractivity contribution in [2.24, 2.45) is 0 Å². The van der Waals surface area contributed by atoms with Crippen LogP contribution in [0.2, 0.25) is 0 Å². The summed E-state index contributed by atoms with van der Waals surface area (Å²) < 4.78 is 0. The third-order valence-corrected chi connectivity index (χ3v) is 3.39. The van der Waals surface area contributed by atoms with Gasteiger partial charge in [-0.2, -0.15) is 0 Å². The summed E-state index contributed by atoms with van der Waals surface area (Å²) in [5.74, 6) is 1.01. The maximum absolute atomic E-state index is 4.65. The Morgan fingerprint density at radius 1 is 1.41 bits per heavy atom. The zero-order valence-electron chi connectivity index (χ0n) is 10.8. The smallest absolute Gasteiger partial charge is 0.147 e. The quantitative estimate of drug-likeness (QED) is 0.764. The van der Waals surface area contributed by atoms with Crippen molar-refractivity contribution in [3.05, 3.63) is 18.1 Å². The Kier molecular flexibility index (Phi) is 4.31. The number of anilines is 1. The lowest BCUT2D eigenvalue weighted by Gasteiger charge is -2.35. The van der Waals surface area contributed by atoms with Crippen LogP contribution in [0.5, 0.6) is 0 Å². The minimum absolute atomic E-state index is 0.670. The van der Waals surface area contributed by atoms with Gasteiger partial charge >= 0.3 is 0 Å². The van der Waals surface area contributed by atoms with E-state index in [0.29, 0.717) is 6.04 Å². The summed E-state index contributed by atoms with van der Waals surface area (Å²) in [7, 11) is 2.12. The Balaban J connectivity index is 1.95. The van der Waals surface area contributed by atoms with Crippen molar-refractivity contribution in [3.8, 4) is 0 Å². The van der Waals surface area contributed by atoms with Crippen LogP contribution in [0.4, 0.5) is 5.82 Å². The SMILES string of the molecule is CCCNCc1cncc(N(C)C2CCC2)n1. The van der Waals surface area contributed by atoms with Crippen LogP contribution < -0.4 is 10.2 Å². The molecular weight excluding hydrogens is 212 g/mol. The third kappa shape index (κ3) is 3.16. The second kappa shape index (κ2) is 5.96. The number of nitrogens with one attached hydrogen (secondary N) is 1. The molecule has 1 aromatic rings. The maximum atomic E-state index is 4.65. The van der Waals surface area contributed by atoms with Gasteiger partial charge in [0.2, 0.25) is 0 Å². The predicted molar refractivity (Wildman–Crippen MR) is 70.1 cm³/mol. The minimum atomic E-state index is 0.670. The van der Waals surface area contributed by atoms with Gasteiger partial charge in [0, 0.05) is 25.8 Å². The highest BCUT2D eigenvalue weighted by Crippen LogP contribution is 2.26. The van der Waals surface area contributed by atoms with Gasteiger partial charge in [0.05, 0.1) is 11.9 Å². The molecule has 1 saturated carbocycles. The Hall–Kier alpha value is -1.16. The molecule has 1 aliphatic carbocycles. The summed E-state index contributed by atoms with van der Waals surface area (Å²) in [6.45, 7) is 4.01. The van der Waals surface area contributed by atoms with Crippen molar-refractivity contribution in [2.75, 3.05) is 18.5 Å². The van der Waals surface area contributed by atoms with E-state index in [4.69, 9.17) is 0 Å². The van der Waals surface area contributed by atoms with Crippen molar-refractivity contribution < 1.29 is 0 Å². The van der Waals surface area contributed by atoms with E-state index in [-0.39, 0.29) is 0 Å². The molecule has 1 heterocycles. The van der Waals surface area contributed by atoms with E-state index in [1.165, 1.54) is 19.3 Å². The monoisotopic (exact) mass is 234 g/mol. The lowest BCUT2D eigenvalue weighted by atomic mass is 9.92. The summed E-state index contributed by atoms with van der Waals surface area (Å²) in [5, 5.41) is 3.35. The number of aromatic nitrogens is 2. The topological polar surface area (TPSA) is 41.1 Å². The van der Waals surface area contributed by atoms with E-state index in [1.54, 1.807) is 0 Å². The average molecular weight is 234 g/mol. The van der Waals surface area contributed by atoms with Crippen molar-refractivity contribution >= 4 is 5.82 Å². The second-order valence-corrected chi connectivity index (χ2v) is 4.74. The van der Waals surface area contributed by atoms with Crippen molar-refractivity contribution in [3.63, 3.8) is 0 Å². The summed E-state index contributed by atoms with van der Waals surface area (Å²) in [6.07, 6.45) is 8.78. The first-order valence-corrected chi connectivity index (χ1v) is 6.55. The number of hydrogen-bond donors (Lipinski definition) is 1. The molecule has 0 spiro atoms. The van der Waals surface area contributed by atoms with Crippen LogP contribution >= 0.6 is 0 Å². The molecule has 0 saturated heterocycles. The third-order valence-electron chi connectivity index (χ3n) is 3.39. The highest BCUT2D eigenvalue weighted by Gasteiger charge is 2.23. The Bertz CT molecular complexity index is 349. The molecule has 1 N–H and O–H groups in total. The van der Waals surface area contributed by atoms with Crippen LogP contribution in [0.1, 0.15) is 38.3 Å². The van der Waals surface area contributed by atoms with Gasteiger partial charge in [0.1, 0.15) is 5.82 Å². The first kappa shape index (κ1) is 12.3. The van der Waals surface area contributed by atoms with Gasteiger partial charge in [-0.3, -0.25) is 4.98 Å². The summed E-state index contributed by atoms with van der Waals surface area (Å²) in [4.78, 5) is 11.2. The van der Waals surface area contributed by atoms with Crippen LogP contribution in [0, 0.1) is 0 Å². The fraction of sp³-hybridized carbons (Fsp3) is 0.692. The fourth-order valence-electron chi connectivity index (χ4n) is 2.00. The summed E-state index contributed by atoms with van der Waals surface area (Å²) in [5.41, 5.74) is 1.03. The van der Waals surface area contributed by atoms with Gasteiger partial charge in [-0.15, -0.1) is 0 Å². The van der Waals surface area contributed by atoms with Crippen molar-refractivity contribution in [2.45, 2.75) is 45.2 Å². The number of nitrogens with zero attached hydrogens (tertiary/aromatic N) is 3. The van der Waals surface area contributed by atoms with Crippen LogP contribution in [0.15, 0.2) is 12.4 Å². The zero-order chi connectivity index (χ0) is 12.1. The molecule has 1 fully saturated rings. The second-order valence-electron chi connectivity index (χ2n) is 4.74. The molecule has 0 bridgehead atoms. The average Bonchev–Trinajstić information content (AvgIpc) is 2.27. The van der Waals surface area contributed by atoms with Crippen LogP contribution in [0.25, 0.3) is 0 Å². The first-order valence-electron chi connectivity index (χ1n) is 6.55. The van der Waals surface area contributed by atoms with E-state index in [9.17, 15) is 0 Å². The molecule has 0 aliphatic heterocycles. The van der Waals surface area contributed by atoms with Gasteiger partial charge in [0.25, 0.3) is 0 Å². The highest BCUT2D eigenvalue weighted by atomic mass is 15.2. The summed E-state index contributed by atoms with van der Waals surface area (Å²) >= 11 is 0. The molecular formula is C13H22N4. The van der Waals surface area contributed by atoms with Crippen LogP contribution in [0.3, 0.4) is 0 Å². The van der Waals surface area contributed by atoms with Crippen LogP contribution in [-0.2, 0) is 6.54 Å². The van der Waals surface area contributed by atoms with E-state index >= 15 is 0 Å². The largest absolute Gasteiger partial charge is 0.355 e. The van der Waals surface area contributed by atoms with Gasteiger partial charge in [0.15, 0.2) is 0 Å². The maximum Gasteiger partial charge on any atom is 0.147 e. The minimum Gasteiger partial charge on any atom is -0.355 e. The molecule has 4 nitrogen and oxygen atoms in total. The van der Waals surface area contributed by atoms with Crippen molar-refractivity contribution in [1.82, 2.24) is 15.3 Å². The van der Waals surface area contributed by atoms with Crippen LogP contribution in [-0.4, -0.2) is 29.6 Å². The van der Waals surface area contributed by atoms with E-state index < -0.39 is 0 Å². The van der Waals surface area contributed by atoms with Gasteiger partial charge < -0.3 is 10.2 Å². The molecule has 94 valence electrons. The molecule has 1 aliphatic rings. The standard InChI is InChI=1S/C13H22N4/c1-3-7-14-8-11-9-15-10-13(16-11)17(2)12-5-4-6-12/h9-10,12,14H,3-8H2,1-2H3. The number of rotatable bonds is 6. The van der Waals surface area contributed by atoms with Crippen molar-refractivity contribution in [1.29, 1.82) is 0 Å². The molecule has 1 aromatic heterocycles. The molecule has 0 radical (unpaired) electrons. The zero-order valence-corrected chi connectivity index (χ0v) is 10.8. The molecule has 0 aromatic carbocycles. The highest BCUT2D eigenvalue weighted by molar-refractivity contribution is 5.37. The predicted octanol–water partition coefficient (Wildman–Crippen LogP) is 1.96. The van der Waals surface area contributed by atoms with E-state index in [1.807, 2.05) is 12.4 Å². The molecule has 2 rings (SSSR count). The normalized spacial score (nSPS) is 15.6. The molecule has 4 heteroatoms. The Labute approximate surface area is 103 Å². The fourth-order valence-corrected chi connectivity index (χ4v) is 2.00. The lowest BCUT2D eigenvalue weighted by molar-refractivity contribution is 0.399. The molecule has 0 amide bonds. The molecule has 17 heavy (non-hydrogen) atoms. The molecule has 0 atom stereocenters. The van der Waals surface area contributed by atoms with E-state index in [2.05, 4.69) is 34.2 Å². The first-order chi connectivity index (χ1) is 8.31. The van der Waals surface area contributed by atoms with Gasteiger partial charge in [-0.05, 0) is 32.2 Å². The van der Waals surface area contributed by atoms with Gasteiger partial charge in [-0.1, -0.05) is 6.92 Å². The molecule has 0 unspecified atom stereocenters. The Morgan fingerprint density at radius 2 is 2.24 bits per heavy atom. The lowest BCUT2D eigenvalue weighted by Crippen LogP contribution is -2.37. The number of hydrogen-bond acceptors (Lipinski definition) is 4.